The van der Waals surface area contributed by atoms with Crippen molar-refractivity contribution in [3.63, 3.8) is 0 Å². The second-order valence-corrected chi connectivity index (χ2v) is 7.50. The number of hydrogen-bond donors (Lipinski definition) is 1. The zero-order valence-electron chi connectivity index (χ0n) is 17.0. The molecule has 158 valence electrons. The van der Waals surface area contributed by atoms with Gasteiger partial charge in [-0.05, 0) is 38.8 Å². The molecule has 3 aromatic rings. The van der Waals surface area contributed by atoms with Gasteiger partial charge in [0.05, 0.1) is 12.2 Å². The third kappa shape index (κ3) is 4.30. The molecule has 1 N–H and O–H groups in total. The number of ether oxygens (including phenoxy) is 2. The maximum atomic E-state index is 12.3. The number of rotatable bonds is 7. The van der Waals surface area contributed by atoms with E-state index in [1.165, 1.54) is 15.9 Å². The molecule has 10 nitrogen and oxygen atoms in total. The monoisotopic (exact) mass is 431 g/mol. The van der Waals surface area contributed by atoms with Crippen molar-refractivity contribution in [1.82, 2.24) is 19.6 Å². The van der Waals surface area contributed by atoms with Crippen molar-refractivity contribution in [2.24, 2.45) is 0 Å². The van der Waals surface area contributed by atoms with Crippen molar-refractivity contribution in [1.29, 1.82) is 0 Å². The van der Waals surface area contributed by atoms with Crippen LogP contribution < -0.4 is 5.32 Å². The Morgan fingerprint density at radius 2 is 1.93 bits per heavy atom. The second kappa shape index (κ2) is 8.99. The molecule has 0 bridgehead atoms. The van der Waals surface area contributed by atoms with Crippen molar-refractivity contribution < 1.29 is 23.9 Å². The number of nitrogens with zero attached hydrogens (tertiary/aromatic N) is 4. The molecular formula is C19H21N5O5S. The third-order valence-corrected chi connectivity index (χ3v) is 5.30. The molecule has 1 amide bonds. The van der Waals surface area contributed by atoms with Gasteiger partial charge in [-0.3, -0.25) is 4.79 Å². The number of esters is 2. The van der Waals surface area contributed by atoms with E-state index in [1.807, 2.05) is 13.8 Å². The van der Waals surface area contributed by atoms with E-state index >= 15 is 0 Å². The lowest BCUT2D eigenvalue weighted by molar-refractivity contribution is -0.119. The fourth-order valence-corrected chi connectivity index (χ4v) is 4.01. The lowest BCUT2D eigenvalue weighted by Crippen LogP contribution is -2.22. The average Bonchev–Trinajstić information content (AvgIpc) is 3.28. The van der Waals surface area contributed by atoms with Gasteiger partial charge in [-0.1, -0.05) is 6.92 Å². The quantitative estimate of drug-likeness (QED) is 0.565. The standard InChI is InChI=1S/C19H21N5O5S/c1-5-12-11(4)30-16(14(12)17(26)28-6-2)21-13(25)9-29-18(27)15-22-19-20-8-7-10(3)24(19)23-15/h7-8H,5-6,9H2,1-4H3,(H,21,25). The molecule has 0 atom stereocenters. The van der Waals surface area contributed by atoms with Gasteiger partial charge in [0.2, 0.25) is 0 Å². The highest BCUT2D eigenvalue weighted by Gasteiger charge is 2.24. The highest BCUT2D eigenvalue weighted by molar-refractivity contribution is 7.16. The smallest absolute Gasteiger partial charge is 0.378 e. The molecule has 0 unspecified atom stereocenters. The predicted octanol–water partition coefficient (Wildman–Crippen LogP) is 2.34. The minimum Gasteiger partial charge on any atom is -0.462 e. The van der Waals surface area contributed by atoms with Crippen LogP contribution >= 0.6 is 11.3 Å². The van der Waals surface area contributed by atoms with Crippen LogP contribution in [0.4, 0.5) is 5.00 Å². The molecule has 0 aliphatic heterocycles. The number of carbonyl (C=O) groups excluding carboxylic acids is 3. The van der Waals surface area contributed by atoms with Crippen LogP contribution in [0.15, 0.2) is 12.3 Å². The summed E-state index contributed by atoms with van der Waals surface area (Å²) in [7, 11) is 0. The molecule has 3 aromatic heterocycles. The Bertz CT molecular complexity index is 1120. The third-order valence-electron chi connectivity index (χ3n) is 4.24. The van der Waals surface area contributed by atoms with E-state index in [-0.39, 0.29) is 18.2 Å². The first-order valence-corrected chi connectivity index (χ1v) is 10.1. The molecule has 0 aliphatic carbocycles. The van der Waals surface area contributed by atoms with Crippen molar-refractivity contribution in [3.05, 3.63) is 39.8 Å². The fourth-order valence-electron chi connectivity index (χ4n) is 2.86. The Morgan fingerprint density at radius 3 is 2.60 bits per heavy atom. The van der Waals surface area contributed by atoms with E-state index in [0.717, 1.165) is 16.1 Å². The summed E-state index contributed by atoms with van der Waals surface area (Å²) in [5.74, 6) is -1.88. The number of anilines is 1. The van der Waals surface area contributed by atoms with Crippen LogP contribution in [0.2, 0.25) is 0 Å². The Labute approximate surface area is 176 Å². The van der Waals surface area contributed by atoms with Crippen molar-refractivity contribution in [2.75, 3.05) is 18.5 Å². The van der Waals surface area contributed by atoms with Crippen molar-refractivity contribution in [2.45, 2.75) is 34.1 Å². The van der Waals surface area contributed by atoms with E-state index in [0.29, 0.717) is 17.0 Å². The number of aryl methyl sites for hydroxylation is 2. The Balaban J connectivity index is 1.69. The Hall–Kier alpha value is -3.34. The number of carbonyl (C=O) groups is 3. The zero-order valence-corrected chi connectivity index (χ0v) is 17.8. The summed E-state index contributed by atoms with van der Waals surface area (Å²) < 4.78 is 11.5. The minimum atomic E-state index is -0.850. The van der Waals surface area contributed by atoms with Gasteiger partial charge in [0, 0.05) is 16.8 Å². The molecule has 0 aromatic carbocycles. The number of thiophene rings is 1. The molecule has 0 radical (unpaired) electrons. The SMILES string of the molecule is CCOC(=O)c1c(NC(=O)COC(=O)c2nc3nccc(C)n3n2)sc(C)c1CC. The van der Waals surface area contributed by atoms with Crippen LogP contribution in [-0.2, 0) is 20.7 Å². The predicted molar refractivity (Wildman–Crippen MR) is 109 cm³/mol. The van der Waals surface area contributed by atoms with Crippen LogP contribution in [0.25, 0.3) is 5.78 Å². The number of aromatic nitrogens is 4. The summed E-state index contributed by atoms with van der Waals surface area (Å²) in [6.07, 6.45) is 2.17. The lowest BCUT2D eigenvalue weighted by Gasteiger charge is -2.08. The first kappa shape index (κ1) is 21.4. The van der Waals surface area contributed by atoms with E-state index in [9.17, 15) is 14.4 Å². The van der Waals surface area contributed by atoms with Gasteiger partial charge in [-0.2, -0.15) is 4.98 Å². The molecule has 3 rings (SSSR count). The summed E-state index contributed by atoms with van der Waals surface area (Å²) >= 11 is 1.27. The van der Waals surface area contributed by atoms with Gasteiger partial charge < -0.3 is 14.8 Å². The fraction of sp³-hybridized carbons (Fsp3) is 0.368. The number of hydrogen-bond acceptors (Lipinski definition) is 9. The number of fused-ring (bicyclic) bond motifs is 1. The molecule has 11 heteroatoms. The highest BCUT2D eigenvalue weighted by Crippen LogP contribution is 2.34. The minimum absolute atomic E-state index is 0.197. The van der Waals surface area contributed by atoms with Crippen LogP contribution in [0.5, 0.6) is 0 Å². The molecule has 3 heterocycles. The molecule has 0 fully saturated rings. The Morgan fingerprint density at radius 1 is 1.17 bits per heavy atom. The van der Waals surface area contributed by atoms with Gasteiger partial charge in [0.1, 0.15) is 5.00 Å². The van der Waals surface area contributed by atoms with Gasteiger partial charge in [-0.25, -0.2) is 19.1 Å². The van der Waals surface area contributed by atoms with E-state index < -0.39 is 24.5 Å². The van der Waals surface area contributed by atoms with Crippen molar-refractivity contribution >= 4 is 40.0 Å². The lowest BCUT2D eigenvalue weighted by atomic mass is 10.1. The topological polar surface area (TPSA) is 125 Å². The molecule has 0 saturated heterocycles. The molecule has 0 aliphatic rings. The summed E-state index contributed by atoms with van der Waals surface area (Å²) in [5.41, 5.74) is 1.91. The number of nitrogens with one attached hydrogen (secondary N) is 1. The van der Waals surface area contributed by atoms with Crippen LogP contribution in [0.3, 0.4) is 0 Å². The zero-order chi connectivity index (χ0) is 21.8. The van der Waals surface area contributed by atoms with Gasteiger partial charge >= 0.3 is 11.9 Å². The first-order chi connectivity index (χ1) is 14.3. The van der Waals surface area contributed by atoms with E-state index in [4.69, 9.17) is 9.47 Å². The molecule has 0 spiro atoms. The van der Waals surface area contributed by atoms with Gasteiger partial charge in [0.25, 0.3) is 17.5 Å². The average molecular weight is 431 g/mol. The van der Waals surface area contributed by atoms with E-state index in [2.05, 4.69) is 20.4 Å². The first-order valence-electron chi connectivity index (χ1n) is 9.30. The van der Waals surface area contributed by atoms with Gasteiger partial charge in [0.15, 0.2) is 6.61 Å². The second-order valence-electron chi connectivity index (χ2n) is 6.27. The van der Waals surface area contributed by atoms with Crippen LogP contribution in [0.1, 0.15) is 51.0 Å². The number of amides is 1. The molecule has 0 saturated carbocycles. The Kier molecular flexibility index (Phi) is 6.40. The van der Waals surface area contributed by atoms with Crippen molar-refractivity contribution in [3.8, 4) is 0 Å². The molecular weight excluding hydrogens is 410 g/mol. The van der Waals surface area contributed by atoms with Crippen LogP contribution in [0, 0.1) is 13.8 Å². The summed E-state index contributed by atoms with van der Waals surface area (Å²) in [5, 5.41) is 7.04. The summed E-state index contributed by atoms with van der Waals surface area (Å²) in [4.78, 5) is 45.8. The summed E-state index contributed by atoms with van der Waals surface area (Å²) in [6, 6.07) is 1.72. The van der Waals surface area contributed by atoms with Gasteiger partial charge in [-0.15, -0.1) is 16.4 Å². The summed E-state index contributed by atoms with van der Waals surface area (Å²) in [6.45, 7) is 6.96. The maximum absolute atomic E-state index is 12.3. The van der Waals surface area contributed by atoms with E-state index in [1.54, 1.807) is 26.1 Å². The molecule has 30 heavy (non-hydrogen) atoms. The largest absolute Gasteiger partial charge is 0.462 e. The van der Waals surface area contributed by atoms with Crippen LogP contribution in [-0.4, -0.2) is 50.6 Å². The highest BCUT2D eigenvalue weighted by atomic mass is 32.1. The maximum Gasteiger partial charge on any atom is 0.378 e. The normalized spacial score (nSPS) is 10.8.